The van der Waals surface area contributed by atoms with E-state index in [-0.39, 0.29) is 0 Å². The summed E-state index contributed by atoms with van der Waals surface area (Å²) in [6, 6.07) is 10.2. The number of rotatable bonds is 7. The van der Waals surface area contributed by atoms with E-state index < -0.39 is 0 Å². The van der Waals surface area contributed by atoms with Crippen LogP contribution < -0.4 is 5.32 Å². The summed E-state index contributed by atoms with van der Waals surface area (Å²) in [4.78, 5) is 14.7. The lowest BCUT2D eigenvalue weighted by Gasteiger charge is -2.21. The smallest absolute Gasteiger partial charge is 0.194 e. The Labute approximate surface area is 149 Å². The molecular weight excluding hydrogens is 318 g/mol. The molecule has 130 valence electrons. The summed E-state index contributed by atoms with van der Waals surface area (Å²) < 4.78 is 0. The van der Waals surface area contributed by atoms with Crippen LogP contribution in [0.2, 0.25) is 0 Å². The number of aromatic amines is 1. The van der Waals surface area contributed by atoms with Crippen LogP contribution in [0, 0.1) is 0 Å². The summed E-state index contributed by atoms with van der Waals surface area (Å²) in [6.45, 7) is 6.62. The molecular formula is C18H27N5S. The minimum atomic E-state index is 0.514. The Morgan fingerprint density at radius 3 is 2.79 bits per heavy atom. The third kappa shape index (κ3) is 5.30. The average Bonchev–Trinajstić information content (AvgIpc) is 3.07. The third-order valence-electron chi connectivity index (χ3n) is 3.70. The van der Waals surface area contributed by atoms with Gasteiger partial charge >= 0.3 is 0 Å². The highest BCUT2D eigenvalue weighted by Crippen LogP contribution is 2.16. The summed E-state index contributed by atoms with van der Waals surface area (Å²) in [7, 11) is 2.04. The minimum Gasteiger partial charge on any atom is -0.357 e. The maximum absolute atomic E-state index is 4.71. The van der Waals surface area contributed by atoms with Gasteiger partial charge in [0, 0.05) is 18.8 Å². The number of aromatic nitrogens is 2. The number of imidazole rings is 1. The second-order valence-corrected chi connectivity index (χ2v) is 6.98. The predicted octanol–water partition coefficient (Wildman–Crippen LogP) is 3.23. The number of thioether (sulfide) groups is 1. The van der Waals surface area contributed by atoms with Crippen LogP contribution in [0.3, 0.4) is 0 Å². The fraction of sp³-hybridized carbons (Fsp3) is 0.444. The first-order valence-corrected chi connectivity index (χ1v) is 9.54. The molecule has 0 saturated carbocycles. The summed E-state index contributed by atoms with van der Waals surface area (Å²) in [5.74, 6) is 1.84. The van der Waals surface area contributed by atoms with Crippen molar-refractivity contribution >= 4 is 17.7 Å². The van der Waals surface area contributed by atoms with E-state index in [4.69, 9.17) is 4.99 Å². The van der Waals surface area contributed by atoms with E-state index in [2.05, 4.69) is 52.4 Å². The van der Waals surface area contributed by atoms with Gasteiger partial charge in [-0.25, -0.2) is 4.98 Å². The van der Waals surface area contributed by atoms with Gasteiger partial charge in [-0.15, -0.1) is 0 Å². The number of hydrogen-bond acceptors (Lipinski definition) is 3. The Morgan fingerprint density at radius 2 is 2.12 bits per heavy atom. The van der Waals surface area contributed by atoms with Crippen molar-refractivity contribution in [3.05, 3.63) is 42.4 Å². The molecule has 2 rings (SSSR count). The van der Waals surface area contributed by atoms with Crippen molar-refractivity contribution < 1.29 is 0 Å². The zero-order chi connectivity index (χ0) is 17.4. The highest BCUT2D eigenvalue weighted by atomic mass is 32.2. The zero-order valence-corrected chi connectivity index (χ0v) is 15.7. The van der Waals surface area contributed by atoms with Crippen molar-refractivity contribution in [2.75, 3.05) is 26.4 Å². The fourth-order valence-corrected chi connectivity index (χ4v) is 2.49. The normalized spacial score (nSPS) is 12.9. The Kier molecular flexibility index (Phi) is 7.18. The van der Waals surface area contributed by atoms with E-state index in [1.807, 2.05) is 43.2 Å². The molecule has 0 aliphatic rings. The molecule has 1 aromatic carbocycles. The van der Waals surface area contributed by atoms with Crippen LogP contribution in [0.1, 0.15) is 19.7 Å². The summed E-state index contributed by atoms with van der Waals surface area (Å²) in [5.41, 5.74) is 2.19. The first kappa shape index (κ1) is 18.4. The quantitative estimate of drug-likeness (QED) is 0.597. The van der Waals surface area contributed by atoms with E-state index in [1.165, 1.54) is 0 Å². The molecule has 24 heavy (non-hydrogen) atoms. The van der Waals surface area contributed by atoms with Gasteiger partial charge in [0.1, 0.15) is 5.82 Å². The lowest BCUT2D eigenvalue weighted by atomic mass is 10.2. The standard InChI is InChI=1S/C18H27N5S/c1-5-19-18(21-11-14(2)24-4)23(3)13-17-20-12-16(22-17)15-9-7-6-8-10-15/h6-10,12,14H,5,11,13H2,1-4H3,(H,19,21)(H,20,22). The Morgan fingerprint density at radius 1 is 1.38 bits per heavy atom. The molecule has 0 aliphatic carbocycles. The molecule has 0 fully saturated rings. The van der Waals surface area contributed by atoms with Crippen LogP contribution in [0.15, 0.2) is 41.5 Å². The average molecular weight is 346 g/mol. The van der Waals surface area contributed by atoms with Crippen molar-refractivity contribution in [2.24, 2.45) is 4.99 Å². The van der Waals surface area contributed by atoms with Gasteiger partial charge < -0.3 is 15.2 Å². The van der Waals surface area contributed by atoms with Crippen molar-refractivity contribution in [3.8, 4) is 11.3 Å². The number of guanidine groups is 1. The van der Waals surface area contributed by atoms with Crippen molar-refractivity contribution in [3.63, 3.8) is 0 Å². The first-order valence-electron chi connectivity index (χ1n) is 8.25. The van der Waals surface area contributed by atoms with Gasteiger partial charge in [0.25, 0.3) is 0 Å². The van der Waals surface area contributed by atoms with Gasteiger partial charge in [-0.2, -0.15) is 11.8 Å². The van der Waals surface area contributed by atoms with Crippen LogP contribution >= 0.6 is 11.8 Å². The van der Waals surface area contributed by atoms with Gasteiger partial charge in [0.05, 0.1) is 25.0 Å². The Bertz CT molecular complexity index is 638. The predicted molar refractivity (Wildman–Crippen MR) is 104 cm³/mol. The van der Waals surface area contributed by atoms with E-state index in [0.29, 0.717) is 11.8 Å². The molecule has 0 aliphatic heterocycles. The summed E-state index contributed by atoms with van der Waals surface area (Å²) >= 11 is 1.83. The molecule has 0 saturated heterocycles. The molecule has 0 amide bonds. The maximum atomic E-state index is 4.71. The van der Waals surface area contributed by atoms with Crippen LogP contribution in [-0.2, 0) is 6.54 Å². The highest BCUT2D eigenvalue weighted by Gasteiger charge is 2.10. The van der Waals surface area contributed by atoms with Gasteiger partial charge in [-0.05, 0) is 18.7 Å². The van der Waals surface area contributed by atoms with Gasteiger partial charge in [-0.3, -0.25) is 4.99 Å². The van der Waals surface area contributed by atoms with Crippen LogP contribution in [-0.4, -0.2) is 52.5 Å². The Balaban J connectivity index is 2.04. The molecule has 0 spiro atoms. The number of nitrogens with zero attached hydrogens (tertiary/aromatic N) is 3. The molecule has 1 unspecified atom stereocenters. The first-order chi connectivity index (χ1) is 11.6. The van der Waals surface area contributed by atoms with Gasteiger partial charge in [-0.1, -0.05) is 37.3 Å². The second-order valence-electron chi connectivity index (χ2n) is 5.71. The van der Waals surface area contributed by atoms with Crippen molar-refractivity contribution in [2.45, 2.75) is 25.6 Å². The molecule has 1 heterocycles. The monoisotopic (exact) mass is 345 g/mol. The molecule has 1 atom stereocenters. The zero-order valence-electron chi connectivity index (χ0n) is 14.9. The number of H-pyrrole nitrogens is 1. The lowest BCUT2D eigenvalue weighted by Crippen LogP contribution is -2.39. The van der Waals surface area contributed by atoms with Crippen LogP contribution in [0.5, 0.6) is 0 Å². The molecule has 6 heteroatoms. The van der Waals surface area contributed by atoms with Crippen LogP contribution in [0.25, 0.3) is 11.3 Å². The fourth-order valence-electron chi connectivity index (χ4n) is 2.27. The number of nitrogens with one attached hydrogen (secondary N) is 2. The van der Waals surface area contributed by atoms with E-state index in [0.717, 1.165) is 36.1 Å². The number of aliphatic imine (C=N–C) groups is 1. The SMILES string of the molecule is CCNC(=NCC(C)SC)N(C)Cc1ncc(-c2ccccc2)[nH]1. The number of benzene rings is 1. The third-order valence-corrected chi connectivity index (χ3v) is 4.65. The second kappa shape index (κ2) is 9.37. The molecule has 5 nitrogen and oxygen atoms in total. The van der Waals surface area contributed by atoms with Gasteiger partial charge in [0.2, 0.25) is 0 Å². The topological polar surface area (TPSA) is 56.3 Å². The molecule has 0 radical (unpaired) electrons. The molecule has 1 aromatic heterocycles. The van der Waals surface area contributed by atoms with Gasteiger partial charge in [0.15, 0.2) is 5.96 Å². The largest absolute Gasteiger partial charge is 0.357 e. The molecule has 0 bridgehead atoms. The van der Waals surface area contributed by atoms with Crippen LogP contribution in [0.4, 0.5) is 0 Å². The van der Waals surface area contributed by atoms with Crippen molar-refractivity contribution in [1.82, 2.24) is 20.2 Å². The summed E-state index contributed by atoms with van der Waals surface area (Å²) in [6.07, 6.45) is 4.00. The maximum Gasteiger partial charge on any atom is 0.194 e. The van der Waals surface area contributed by atoms with Crippen molar-refractivity contribution in [1.29, 1.82) is 0 Å². The summed E-state index contributed by atoms with van der Waals surface area (Å²) in [5, 5.41) is 3.86. The van der Waals surface area contributed by atoms with E-state index in [9.17, 15) is 0 Å². The van der Waals surface area contributed by atoms with E-state index in [1.54, 1.807) is 0 Å². The minimum absolute atomic E-state index is 0.514. The number of hydrogen-bond donors (Lipinski definition) is 2. The highest BCUT2D eigenvalue weighted by molar-refractivity contribution is 7.99. The molecule has 2 aromatic rings. The lowest BCUT2D eigenvalue weighted by molar-refractivity contribution is 0.464. The molecule has 2 N–H and O–H groups in total. The Hall–Kier alpha value is -1.95. The van der Waals surface area contributed by atoms with E-state index >= 15 is 0 Å².